The number of Topliss-reactive ketones (excluding diaryl/α,β-unsaturated/α-hetero) is 1. The fraction of sp³-hybridized carbons (Fsp3) is 0.350. The van der Waals surface area contributed by atoms with Gasteiger partial charge in [0.1, 0.15) is 11.5 Å². The number of allylic oxidation sites excluding steroid dienone is 2. The van der Waals surface area contributed by atoms with E-state index in [0.717, 1.165) is 37.6 Å². The first-order chi connectivity index (χ1) is 24.1. The van der Waals surface area contributed by atoms with Crippen LogP contribution in [0.1, 0.15) is 77.2 Å². The molecule has 10 nitrogen and oxygen atoms in total. The molecule has 262 valence electrons. The summed E-state index contributed by atoms with van der Waals surface area (Å²) in [5, 5.41) is 21.6. The SMILES string of the molecule is CCN(CC)c1ccc(C(=O)C2=C(C(=O)N3CCN(C(=O)c4ccccc4C(=O)c4ccc(N(CC)CC)cc4O)CC3)C=CCC2)c(O)c1. The quantitative estimate of drug-likeness (QED) is 0.230. The molecule has 10 heteroatoms. The number of amides is 2. The highest BCUT2D eigenvalue weighted by molar-refractivity contribution is 6.17. The number of hydrogen-bond donors (Lipinski definition) is 2. The van der Waals surface area contributed by atoms with Gasteiger partial charge >= 0.3 is 0 Å². The highest BCUT2D eigenvalue weighted by Crippen LogP contribution is 2.32. The molecule has 0 saturated carbocycles. The van der Waals surface area contributed by atoms with Gasteiger partial charge in [0.2, 0.25) is 0 Å². The molecular formula is C40H46N4O6. The van der Waals surface area contributed by atoms with E-state index in [2.05, 4.69) is 9.80 Å². The molecule has 50 heavy (non-hydrogen) atoms. The van der Waals surface area contributed by atoms with E-state index in [1.807, 2.05) is 39.8 Å². The number of carbonyl (C=O) groups is 4. The van der Waals surface area contributed by atoms with Crippen molar-refractivity contribution in [2.24, 2.45) is 0 Å². The number of nitrogens with zero attached hydrogens (tertiary/aromatic N) is 4. The van der Waals surface area contributed by atoms with Gasteiger partial charge in [0.15, 0.2) is 11.6 Å². The number of hydrogen-bond acceptors (Lipinski definition) is 8. The van der Waals surface area contributed by atoms with Crippen LogP contribution in [-0.4, -0.2) is 95.8 Å². The van der Waals surface area contributed by atoms with Gasteiger partial charge in [0, 0.05) is 92.6 Å². The molecule has 1 aliphatic heterocycles. The van der Waals surface area contributed by atoms with E-state index in [-0.39, 0.29) is 77.5 Å². The van der Waals surface area contributed by atoms with Crippen LogP contribution in [0, 0.1) is 0 Å². The molecule has 0 bridgehead atoms. The van der Waals surface area contributed by atoms with E-state index in [9.17, 15) is 29.4 Å². The third-order valence-corrected chi connectivity index (χ3v) is 9.64. The van der Waals surface area contributed by atoms with Gasteiger partial charge in [-0.2, -0.15) is 0 Å². The molecule has 5 rings (SSSR count). The maximum atomic E-state index is 13.8. The standard InChI is InChI=1S/C40H46N4O6/c1-5-41(6-2)27-17-19-33(35(45)25-27)37(47)29-13-9-11-15-31(29)39(49)43-21-23-44(24-22-43)40(50)32-16-12-10-14-30(32)38(48)34-20-18-28(26-36(34)46)42(7-3)8-4/h9,11-13,15-20,25-26,45-46H,5-8,10,14,21-24H2,1-4H3. The van der Waals surface area contributed by atoms with Gasteiger partial charge in [-0.15, -0.1) is 0 Å². The van der Waals surface area contributed by atoms with Crippen LogP contribution in [0.25, 0.3) is 0 Å². The number of phenols is 2. The molecule has 0 atom stereocenters. The predicted molar refractivity (Wildman–Crippen MR) is 195 cm³/mol. The summed E-state index contributed by atoms with van der Waals surface area (Å²) in [7, 11) is 0. The lowest BCUT2D eigenvalue weighted by atomic mass is 9.89. The molecular weight excluding hydrogens is 632 g/mol. The normalized spacial score (nSPS) is 14.5. The lowest BCUT2D eigenvalue weighted by Gasteiger charge is -2.35. The largest absolute Gasteiger partial charge is 0.507 e. The molecule has 0 spiro atoms. The number of piperazine rings is 1. The molecule has 1 aliphatic carbocycles. The van der Waals surface area contributed by atoms with E-state index >= 15 is 0 Å². The monoisotopic (exact) mass is 678 g/mol. The van der Waals surface area contributed by atoms with Crippen molar-refractivity contribution in [3.05, 3.63) is 106 Å². The van der Waals surface area contributed by atoms with Crippen molar-refractivity contribution < 1.29 is 29.4 Å². The van der Waals surface area contributed by atoms with Crippen LogP contribution in [-0.2, 0) is 4.79 Å². The number of aromatic hydroxyl groups is 2. The zero-order valence-electron chi connectivity index (χ0n) is 29.3. The minimum Gasteiger partial charge on any atom is -0.507 e. The first kappa shape index (κ1) is 35.9. The van der Waals surface area contributed by atoms with Gasteiger partial charge in [-0.3, -0.25) is 19.2 Å². The summed E-state index contributed by atoms with van der Waals surface area (Å²) >= 11 is 0. The number of carbonyl (C=O) groups excluding carboxylic acids is 4. The Hall–Kier alpha value is -5.38. The summed E-state index contributed by atoms with van der Waals surface area (Å²) in [6.07, 6.45) is 4.54. The van der Waals surface area contributed by atoms with Crippen molar-refractivity contribution in [1.82, 2.24) is 9.80 Å². The van der Waals surface area contributed by atoms with Crippen LogP contribution < -0.4 is 9.80 Å². The van der Waals surface area contributed by atoms with Crippen LogP contribution >= 0.6 is 0 Å². The van der Waals surface area contributed by atoms with Gasteiger partial charge in [-0.1, -0.05) is 30.4 Å². The van der Waals surface area contributed by atoms with Crippen LogP contribution in [0.5, 0.6) is 11.5 Å². The minimum atomic E-state index is -0.451. The number of ketones is 2. The molecule has 2 N–H and O–H groups in total. The summed E-state index contributed by atoms with van der Waals surface area (Å²) in [6, 6.07) is 16.6. The minimum absolute atomic E-state index is 0.115. The van der Waals surface area contributed by atoms with Gasteiger partial charge in [0.25, 0.3) is 11.8 Å². The molecule has 2 aliphatic rings. The Labute approximate surface area is 293 Å². The van der Waals surface area contributed by atoms with Crippen molar-refractivity contribution in [2.75, 3.05) is 62.2 Å². The summed E-state index contributed by atoms with van der Waals surface area (Å²) in [5.74, 6) is -1.72. The van der Waals surface area contributed by atoms with E-state index in [1.54, 1.807) is 70.5 Å². The van der Waals surface area contributed by atoms with Crippen LogP contribution in [0.3, 0.4) is 0 Å². The Bertz CT molecular complexity index is 1830. The maximum absolute atomic E-state index is 13.8. The second kappa shape index (κ2) is 15.9. The molecule has 0 radical (unpaired) electrons. The lowest BCUT2D eigenvalue weighted by Crippen LogP contribution is -2.51. The van der Waals surface area contributed by atoms with E-state index in [0.29, 0.717) is 24.0 Å². The van der Waals surface area contributed by atoms with Gasteiger partial charge < -0.3 is 29.8 Å². The molecule has 1 fully saturated rings. The first-order valence-corrected chi connectivity index (χ1v) is 17.5. The van der Waals surface area contributed by atoms with Crippen molar-refractivity contribution in [3.8, 4) is 11.5 Å². The van der Waals surface area contributed by atoms with Crippen LogP contribution in [0.4, 0.5) is 11.4 Å². The third-order valence-electron chi connectivity index (χ3n) is 9.64. The first-order valence-electron chi connectivity index (χ1n) is 17.5. The smallest absolute Gasteiger partial charge is 0.254 e. The highest BCUT2D eigenvalue weighted by atomic mass is 16.3. The zero-order valence-corrected chi connectivity index (χ0v) is 29.3. The van der Waals surface area contributed by atoms with Gasteiger partial charge in [-0.25, -0.2) is 0 Å². The van der Waals surface area contributed by atoms with Crippen LogP contribution in [0.15, 0.2) is 84.0 Å². The number of rotatable bonds is 12. The summed E-state index contributed by atoms with van der Waals surface area (Å²) in [5.41, 5.74) is 2.98. The molecule has 0 aromatic heterocycles. The number of anilines is 2. The average Bonchev–Trinajstić information content (AvgIpc) is 3.15. The van der Waals surface area contributed by atoms with Crippen LogP contribution in [0.2, 0.25) is 0 Å². The Balaban J connectivity index is 1.30. The number of benzene rings is 3. The fourth-order valence-corrected chi connectivity index (χ4v) is 6.72. The fourth-order valence-electron chi connectivity index (χ4n) is 6.72. The lowest BCUT2D eigenvalue weighted by molar-refractivity contribution is -0.128. The van der Waals surface area contributed by atoms with Gasteiger partial charge in [-0.05, 0) is 70.9 Å². The topological polar surface area (TPSA) is 122 Å². The molecule has 3 aromatic rings. The summed E-state index contributed by atoms with van der Waals surface area (Å²) in [4.78, 5) is 62.3. The van der Waals surface area contributed by atoms with E-state index in [4.69, 9.17) is 0 Å². The Kier molecular flexibility index (Phi) is 11.4. The number of phenolic OH excluding ortho intramolecular Hbond substituents is 2. The van der Waals surface area contributed by atoms with Crippen molar-refractivity contribution in [3.63, 3.8) is 0 Å². The second-order valence-corrected chi connectivity index (χ2v) is 12.4. The molecule has 0 unspecified atom stereocenters. The third kappa shape index (κ3) is 7.29. The highest BCUT2D eigenvalue weighted by Gasteiger charge is 2.31. The van der Waals surface area contributed by atoms with Gasteiger partial charge in [0.05, 0.1) is 16.7 Å². The maximum Gasteiger partial charge on any atom is 0.254 e. The van der Waals surface area contributed by atoms with Crippen molar-refractivity contribution >= 4 is 34.8 Å². The molecule has 3 aromatic carbocycles. The summed E-state index contributed by atoms with van der Waals surface area (Å²) in [6.45, 7) is 12.1. The Morgan fingerprint density at radius 2 is 1.10 bits per heavy atom. The Morgan fingerprint density at radius 3 is 1.60 bits per heavy atom. The predicted octanol–water partition coefficient (Wildman–Crippen LogP) is 5.84. The molecule has 2 amide bonds. The molecule has 1 saturated heterocycles. The van der Waals surface area contributed by atoms with Crippen molar-refractivity contribution in [1.29, 1.82) is 0 Å². The molecule has 1 heterocycles. The Morgan fingerprint density at radius 1 is 0.620 bits per heavy atom. The zero-order chi connectivity index (χ0) is 35.9. The summed E-state index contributed by atoms with van der Waals surface area (Å²) < 4.78 is 0. The average molecular weight is 679 g/mol. The van der Waals surface area contributed by atoms with Crippen molar-refractivity contribution in [2.45, 2.75) is 40.5 Å². The van der Waals surface area contributed by atoms with E-state index in [1.165, 1.54) is 0 Å². The van der Waals surface area contributed by atoms with E-state index < -0.39 is 5.78 Å². The second-order valence-electron chi connectivity index (χ2n) is 12.4.